The first-order chi connectivity index (χ1) is 12.6. The smallest absolute Gasteiger partial charge is 0.414 e. The Labute approximate surface area is 169 Å². The number of benzene rings is 2. The van der Waals surface area contributed by atoms with Crippen molar-refractivity contribution in [2.45, 2.75) is 53.6 Å². The number of hydrogen-bond acceptors (Lipinski definition) is 3. The Morgan fingerprint density at radius 2 is 1.78 bits per heavy atom. The number of carbonyl (C=O) groups excluding carboxylic acids is 1. The topological polar surface area (TPSA) is 38.8 Å². The van der Waals surface area contributed by atoms with Crippen LogP contribution < -0.4 is 9.64 Å². The fourth-order valence-corrected chi connectivity index (χ4v) is 3.69. The van der Waals surface area contributed by atoms with Crippen LogP contribution in [0.3, 0.4) is 0 Å². The van der Waals surface area contributed by atoms with Gasteiger partial charge in [0.2, 0.25) is 0 Å². The van der Waals surface area contributed by atoms with Gasteiger partial charge in [-0.15, -0.1) is 0 Å². The number of nitrogens with zero attached hydrogens (tertiary/aromatic N) is 1. The maximum Gasteiger partial charge on any atom is 0.414 e. The summed E-state index contributed by atoms with van der Waals surface area (Å²) in [5, 5.41) is 0. The lowest BCUT2D eigenvalue weighted by Crippen LogP contribution is -2.35. The van der Waals surface area contributed by atoms with Gasteiger partial charge in [-0.1, -0.05) is 15.9 Å². The first-order valence-corrected chi connectivity index (χ1v) is 9.93. The van der Waals surface area contributed by atoms with Crippen LogP contribution in [0.5, 0.6) is 11.5 Å². The second-order valence-electron chi connectivity index (χ2n) is 8.04. The third kappa shape index (κ3) is 4.13. The highest BCUT2D eigenvalue weighted by atomic mass is 79.9. The lowest BCUT2D eigenvalue weighted by Gasteiger charge is -2.25. The Balaban J connectivity index is 1.88. The van der Waals surface area contributed by atoms with E-state index in [0.29, 0.717) is 6.54 Å². The quantitative estimate of drug-likeness (QED) is 0.546. The van der Waals surface area contributed by atoms with Crippen LogP contribution in [0.2, 0.25) is 0 Å². The van der Waals surface area contributed by atoms with Crippen LogP contribution in [0.4, 0.5) is 10.5 Å². The number of carbonyl (C=O) groups is 1. The predicted molar refractivity (Wildman–Crippen MR) is 112 cm³/mol. The summed E-state index contributed by atoms with van der Waals surface area (Å²) in [7, 11) is 0. The van der Waals surface area contributed by atoms with E-state index in [9.17, 15) is 4.79 Å². The molecule has 4 nitrogen and oxygen atoms in total. The first-order valence-electron chi connectivity index (χ1n) is 9.14. The van der Waals surface area contributed by atoms with Crippen LogP contribution in [0.1, 0.15) is 43.0 Å². The Hall–Kier alpha value is -2.01. The summed E-state index contributed by atoms with van der Waals surface area (Å²) in [6.45, 7) is 12.4. The van der Waals surface area contributed by atoms with E-state index < -0.39 is 5.60 Å². The average molecular weight is 432 g/mol. The number of ether oxygens (including phenoxy) is 2. The molecule has 0 spiro atoms. The van der Waals surface area contributed by atoms with Gasteiger partial charge in [0.25, 0.3) is 0 Å². The molecule has 5 heteroatoms. The Morgan fingerprint density at radius 1 is 1.07 bits per heavy atom. The van der Waals surface area contributed by atoms with Crippen LogP contribution in [0, 0.1) is 20.8 Å². The SMILES string of the molecule is Cc1cc(Oc2ccc3c(c2C)CCN3C(=O)OC(C)(C)C)c(C)cc1Br. The summed E-state index contributed by atoms with van der Waals surface area (Å²) in [4.78, 5) is 14.2. The van der Waals surface area contributed by atoms with Crippen molar-refractivity contribution >= 4 is 27.7 Å². The highest BCUT2D eigenvalue weighted by Crippen LogP contribution is 2.39. The largest absolute Gasteiger partial charge is 0.457 e. The minimum absolute atomic E-state index is 0.298. The molecule has 0 unspecified atom stereocenters. The van der Waals surface area contributed by atoms with Gasteiger partial charge in [0, 0.05) is 11.0 Å². The molecule has 0 fully saturated rings. The summed E-state index contributed by atoms with van der Waals surface area (Å²) in [5.41, 5.74) is 4.82. The van der Waals surface area contributed by atoms with E-state index >= 15 is 0 Å². The molecule has 0 atom stereocenters. The van der Waals surface area contributed by atoms with Crippen molar-refractivity contribution in [1.82, 2.24) is 0 Å². The average Bonchev–Trinajstić information content (AvgIpc) is 2.98. The molecule has 3 rings (SSSR count). The molecule has 1 aliphatic rings. The molecule has 2 aromatic carbocycles. The molecule has 0 saturated heterocycles. The van der Waals surface area contributed by atoms with Gasteiger partial charge in [-0.2, -0.15) is 0 Å². The third-order valence-corrected chi connectivity index (χ3v) is 5.54. The minimum Gasteiger partial charge on any atom is -0.457 e. The zero-order valence-electron chi connectivity index (χ0n) is 16.8. The Kier molecular flexibility index (Phi) is 5.26. The summed E-state index contributed by atoms with van der Waals surface area (Å²) < 4.78 is 12.8. The van der Waals surface area contributed by atoms with Gasteiger partial charge in [-0.05, 0) is 94.5 Å². The summed E-state index contributed by atoms with van der Waals surface area (Å²) in [5.74, 6) is 1.67. The van der Waals surface area contributed by atoms with E-state index in [4.69, 9.17) is 9.47 Å². The highest BCUT2D eigenvalue weighted by Gasteiger charge is 2.30. The predicted octanol–water partition coefficient (Wildman–Crippen LogP) is 6.46. The molecule has 144 valence electrons. The minimum atomic E-state index is -0.505. The van der Waals surface area contributed by atoms with Crippen LogP contribution in [-0.4, -0.2) is 18.2 Å². The standard InChI is InChI=1S/C22H26BrNO3/c1-13-12-20(14(2)11-17(13)23)26-19-8-7-18-16(15(19)3)9-10-24(18)21(25)27-22(4,5)6/h7-8,11-12H,9-10H2,1-6H3. The number of aryl methyl sites for hydroxylation is 2. The highest BCUT2D eigenvalue weighted by molar-refractivity contribution is 9.10. The number of hydrogen-bond donors (Lipinski definition) is 0. The maximum atomic E-state index is 12.5. The van der Waals surface area contributed by atoms with Crippen molar-refractivity contribution in [2.24, 2.45) is 0 Å². The van der Waals surface area contributed by atoms with Crippen molar-refractivity contribution in [3.63, 3.8) is 0 Å². The lowest BCUT2D eigenvalue weighted by atomic mass is 10.0. The van der Waals surface area contributed by atoms with E-state index in [1.807, 2.05) is 59.7 Å². The van der Waals surface area contributed by atoms with Crippen LogP contribution in [0.15, 0.2) is 28.7 Å². The molecular formula is C22H26BrNO3. The third-order valence-electron chi connectivity index (χ3n) is 4.69. The molecular weight excluding hydrogens is 406 g/mol. The molecule has 1 heterocycles. The molecule has 1 amide bonds. The lowest BCUT2D eigenvalue weighted by molar-refractivity contribution is 0.0584. The fraction of sp³-hybridized carbons (Fsp3) is 0.409. The second kappa shape index (κ2) is 7.19. The van der Waals surface area contributed by atoms with Gasteiger partial charge >= 0.3 is 6.09 Å². The van der Waals surface area contributed by atoms with Crippen molar-refractivity contribution in [3.05, 3.63) is 51.0 Å². The molecule has 0 bridgehead atoms. The van der Waals surface area contributed by atoms with E-state index in [-0.39, 0.29) is 6.09 Å². The van der Waals surface area contributed by atoms with Gasteiger partial charge in [0.15, 0.2) is 0 Å². The van der Waals surface area contributed by atoms with Crippen molar-refractivity contribution in [1.29, 1.82) is 0 Å². The number of halogens is 1. The van der Waals surface area contributed by atoms with Crippen molar-refractivity contribution in [3.8, 4) is 11.5 Å². The first kappa shape index (κ1) is 19.7. The molecule has 1 aliphatic heterocycles. The molecule has 0 N–H and O–H groups in total. The molecule has 0 aromatic heterocycles. The molecule has 0 radical (unpaired) electrons. The van der Waals surface area contributed by atoms with Gasteiger partial charge in [-0.3, -0.25) is 4.90 Å². The number of amides is 1. The Bertz CT molecular complexity index is 899. The van der Waals surface area contributed by atoms with E-state index in [1.54, 1.807) is 4.90 Å². The number of fused-ring (bicyclic) bond motifs is 1. The fourth-order valence-electron chi connectivity index (χ4n) is 3.23. The van der Waals surface area contributed by atoms with Crippen molar-refractivity contribution < 1.29 is 14.3 Å². The molecule has 0 aliphatic carbocycles. The number of rotatable bonds is 2. The van der Waals surface area contributed by atoms with Gasteiger partial charge in [-0.25, -0.2) is 4.79 Å². The monoisotopic (exact) mass is 431 g/mol. The summed E-state index contributed by atoms with van der Waals surface area (Å²) in [6.07, 6.45) is 0.504. The van der Waals surface area contributed by atoms with E-state index in [0.717, 1.165) is 50.3 Å². The van der Waals surface area contributed by atoms with E-state index in [1.165, 1.54) is 0 Å². The maximum absolute atomic E-state index is 12.5. The van der Waals surface area contributed by atoms with Crippen molar-refractivity contribution in [2.75, 3.05) is 11.4 Å². The van der Waals surface area contributed by atoms with Crippen LogP contribution in [0.25, 0.3) is 0 Å². The molecule has 27 heavy (non-hydrogen) atoms. The van der Waals surface area contributed by atoms with Gasteiger partial charge in [0.1, 0.15) is 17.1 Å². The summed E-state index contributed by atoms with van der Waals surface area (Å²) >= 11 is 3.56. The number of anilines is 1. The van der Waals surface area contributed by atoms with Crippen LogP contribution >= 0.6 is 15.9 Å². The zero-order chi connectivity index (χ0) is 19.9. The summed E-state index contributed by atoms with van der Waals surface area (Å²) in [6, 6.07) is 8.00. The van der Waals surface area contributed by atoms with Gasteiger partial charge in [0.05, 0.1) is 5.69 Å². The molecule has 2 aromatic rings. The molecule has 0 saturated carbocycles. The van der Waals surface area contributed by atoms with E-state index in [2.05, 4.69) is 22.0 Å². The van der Waals surface area contributed by atoms with Gasteiger partial charge < -0.3 is 9.47 Å². The Morgan fingerprint density at radius 3 is 2.44 bits per heavy atom. The second-order valence-corrected chi connectivity index (χ2v) is 8.89. The van der Waals surface area contributed by atoms with Crippen LogP contribution in [-0.2, 0) is 11.2 Å². The normalized spacial score (nSPS) is 13.5. The zero-order valence-corrected chi connectivity index (χ0v) is 18.4.